The molecule has 1 aromatic heterocycles. The van der Waals surface area contributed by atoms with E-state index in [0.29, 0.717) is 5.88 Å². The summed E-state index contributed by atoms with van der Waals surface area (Å²) in [5.74, 6) is 0.679. The summed E-state index contributed by atoms with van der Waals surface area (Å²) in [6.45, 7) is 0. The van der Waals surface area contributed by atoms with Crippen LogP contribution in [0.3, 0.4) is 0 Å². The third-order valence-electron chi connectivity index (χ3n) is 4.24. The van der Waals surface area contributed by atoms with Crippen LogP contribution in [0.1, 0.15) is 37.7 Å². The van der Waals surface area contributed by atoms with Gasteiger partial charge in [0.25, 0.3) is 0 Å². The Morgan fingerprint density at radius 2 is 1.95 bits per heavy atom. The van der Waals surface area contributed by atoms with Gasteiger partial charge in [-0.05, 0) is 42.0 Å². The Morgan fingerprint density at radius 3 is 2.68 bits per heavy atom. The van der Waals surface area contributed by atoms with E-state index in [9.17, 15) is 0 Å². The van der Waals surface area contributed by atoms with Gasteiger partial charge >= 0.3 is 0 Å². The van der Waals surface area contributed by atoms with E-state index in [0.717, 1.165) is 23.6 Å². The van der Waals surface area contributed by atoms with Crippen molar-refractivity contribution in [1.82, 2.24) is 4.98 Å². The largest absolute Gasteiger partial charge is 0.481 e. The van der Waals surface area contributed by atoms with E-state index in [-0.39, 0.29) is 5.54 Å². The molecule has 3 rings (SSSR count). The monoisotopic (exact) mass is 256 g/mol. The minimum atomic E-state index is -0.150. The van der Waals surface area contributed by atoms with Crippen LogP contribution < -0.4 is 10.5 Å². The minimum Gasteiger partial charge on any atom is -0.481 e. The van der Waals surface area contributed by atoms with Crippen molar-refractivity contribution in [3.63, 3.8) is 0 Å². The van der Waals surface area contributed by atoms with Crippen LogP contribution >= 0.6 is 0 Å². The lowest BCUT2D eigenvalue weighted by Gasteiger charge is -2.34. The smallest absolute Gasteiger partial charge is 0.221 e. The summed E-state index contributed by atoms with van der Waals surface area (Å²) in [5.41, 5.74) is 7.69. The fourth-order valence-corrected chi connectivity index (χ4v) is 3.09. The summed E-state index contributed by atoms with van der Waals surface area (Å²) in [6, 6.07) is 8.44. The Hall–Kier alpha value is -1.61. The van der Waals surface area contributed by atoms with Crippen LogP contribution in [0.15, 0.2) is 30.5 Å². The second-order valence-corrected chi connectivity index (χ2v) is 5.47. The van der Waals surface area contributed by atoms with Crippen LogP contribution in [0.5, 0.6) is 5.88 Å². The van der Waals surface area contributed by atoms with Gasteiger partial charge < -0.3 is 10.5 Å². The highest BCUT2D eigenvalue weighted by Gasteiger charge is 2.29. The van der Waals surface area contributed by atoms with Crippen molar-refractivity contribution in [3.05, 3.63) is 36.0 Å². The number of benzene rings is 1. The fourth-order valence-electron chi connectivity index (χ4n) is 3.09. The summed E-state index contributed by atoms with van der Waals surface area (Å²) in [6.07, 6.45) is 7.73. The SMILES string of the molecule is COc1nccc2cc(C3(N)CCCCC3)ccc12. The first kappa shape index (κ1) is 12.4. The number of methoxy groups -OCH3 is 1. The van der Waals surface area contributed by atoms with Crippen molar-refractivity contribution in [2.45, 2.75) is 37.6 Å². The van der Waals surface area contributed by atoms with E-state index in [1.54, 1.807) is 13.3 Å². The molecule has 100 valence electrons. The van der Waals surface area contributed by atoms with Crippen LogP contribution in [0, 0.1) is 0 Å². The van der Waals surface area contributed by atoms with E-state index < -0.39 is 0 Å². The van der Waals surface area contributed by atoms with Crippen molar-refractivity contribution >= 4 is 10.8 Å². The third-order valence-corrected chi connectivity index (χ3v) is 4.24. The summed E-state index contributed by atoms with van der Waals surface area (Å²) in [4.78, 5) is 4.23. The van der Waals surface area contributed by atoms with Gasteiger partial charge in [-0.25, -0.2) is 4.98 Å². The first-order chi connectivity index (χ1) is 9.23. The second-order valence-electron chi connectivity index (χ2n) is 5.47. The van der Waals surface area contributed by atoms with Gasteiger partial charge in [-0.1, -0.05) is 25.3 Å². The summed E-state index contributed by atoms with van der Waals surface area (Å²) >= 11 is 0. The van der Waals surface area contributed by atoms with Gasteiger partial charge in [0.1, 0.15) is 0 Å². The van der Waals surface area contributed by atoms with Crippen LogP contribution in [0.2, 0.25) is 0 Å². The normalized spacial score (nSPS) is 18.4. The van der Waals surface area contributed by atoms with Crippen molar-refractivity contribution in [2.24, 2.45) is 5.73 Å². The quantitative estimate of drug-likeness (QED) is 0.896. The molecule has 0 spiro atoms. The molecule has 0 bridgehead atoms. The average Bonchev–Trinajstić information content (AvgIpc) is 2.47. The van der Waals surface area contributed by atoms with Gasteiger partial charge in [-0.2, -0.15) is 0 Å². The molecule has 19 heavy (non-hydrogen) atoms. The van der Waals surface area contributed by atoms with Crippen LogP contribution in [-0.4, -0.2) is 12.1 Å². The topological polar surface area (TPSA) is 48.1 Å². The minimum absolute atomic E-state index is 0.150. The Morgan fingerprint density at radius 1 is 1.16 bits per heavy atom. The Bertz CT molecular complexity index is 588. The highest BCUT2D eigenvalue weighted by molar-refractivity contribution is 5.87. The summed E-state index contributed by atoms with van der Waals surface area (Å²) in [5, 5.41) is 2.20. The summed E-state index contributed by atoms with van der Waals surface area (Å²) < 4.78 is 5.30. The zero-order chi connectivity index (χ0) is 13.3. The number of nitrogens with zero attached hydrogens (tertiary/aromatic N) is 1. The lowest BCUT2D eigenvalue weighted by atomic mass is 9.77. The molecule has 3 nitrogen and oxygen atoms in total. The molecule has 2 N–H and O–H groups in total. The van der Waals surface area contributed by atoms with E-state index in [1.165, 1.54) is 24.8 Å². The van der Waals surface area contributed by atoms with E-state index >= 15 is 0 Å². The molecule has 0 radical (unpaired) electrons. The first-order valence-electron chi connectivity index (χ1n) is 6.95. The number of ether oxygens (including phenoxy) is 1. The number of nitrogens with two attached hydrogens (primary N) is 1. The molecule has 0 aliphatic heterocycles. The molecule has 1 heterocycles. The standard InChI is InChI=1S/C16H20N2O/c1-19-15-14-6-5-13(11-12(14)7-10-18-15)16(17)8-3-2-4-9-16/h5-7,10-11H,2-4,8-9,17H2,1H3. The fraction of sp³-hybridized carbons (Fsp3) is 0.438. The lowest BCUT2D eigenvalue weighted by molar-refractivity contribution is 0.302. The third kappa shape index (κ3) is 2.19. The molecule has 0 saturated heterocycles. The van der Waals surface area contributed by atoms with Crippen molar-refractivity contribution in [2.75, 3.05) is 7.11 Å². The predicted molar refractivity (Wildman–Crippen MR) is 77.2 cm³/mol. The number of rotatable bonds is 2. The van der Waals surface area contributed by atoms with Gasteiger partial charge in [0.05, 0.1) is 7.11 Å². The van der Waals surface area contributed by atoms with Gasteiger partial charge in [0.15, 0.2) is 0 Å². The summed E-state index contributed by atoms with van der Waals surface area (Å²) in [7, 11) is 1.65. The molecule has 0 atom stereocenters. The Balaban J connectivity index is 2.06. The van der Waals surface area contributed by atoms with Crippen molar-refractivity contribution in [1.29, 1.82) is 0 Å². The van der Waals surface area contributed by atoms with Gasteiger partial charge in [-0.3, -0.25) is 0 Å². The number of fused-ring (bicyclic) bond motifs is 1. The van der Waals surface area contributed by atoms with Crippen LogP contribution in [0.25, 0.3) is 10.8 Å². The molecule has 0 amide bonds. The van der Waals surface area contributed by atoms with Crippen molar-refractivity contribution in [3.8, 4) is 5.88 Å². The molecule has 1 aliphatic rings. The molecule has 1 saturated carbocycles. The lowest BCUT2D eigenvalue weighted by Crippen LogP contribution is -2.38. The second kappa shape index (κ2) is 4.82. The van der Waals surface area contributed by atoms with Crippen LogP contribution in [-0.2, 0) is 5.54 Å². The predicted octanol–water partition coefficient (Wildman–Crippen LogP) is 3.36. The molecular formula is C16H20N2O. The molecular weight excluding hydrogens is 236 g/mol. The van der Waals surface area contributed by atoms with Crippen LogP contribution in [0.4, 0.5) is 0 Å². The maximum Gasteiger partial charge on any atom is 0.221 e. The average molecular weight is 256 g/mol. The number of aromatic nitrogens is 1. The molecule has 1 fully saturated rings. The highest BCUT2D eigenvalue weighted by Crippen LogP contribution is 2.36. The Labute approximate surface area is 113 Å². The number of hydrogen-bond acceptors (Lipinski definition) is 3. The van der Waals surface area contributed by atoms with E-state index in [1.807, 2.05) is 6.07 Å². The first-order valence-corrected chi connectivity index (χ1v) is 6.95. The highest BCUT2D eigenvalue weighted by atomic mass is 16.5. The molecule has 3 heteroatoms. The number of pyridine rings is 1. The maximum atomic E-state index is 6.60. The molecule has 1 aliphatic carbocycles. The molecule has 0 unspecified atom stereocenters. The zero-order valence-electron chi connectivity index (χ0n) is 11.4. The molecule has 1 aromatic carbocycles. The van der Waals surface area contributed by atoms with Gasteiger partial charge in [0, 0.05) is 17.1 Å². The Kier molecular flexibility index (Phi) is 3.15. The molecule has 2 aromatic rings. The number of hydrogen-bond donors (Lipinski definition) is 1. The van der Waals surface area contributed by atoms with Gasteiger partial charge in [-0.15, -0.1) is 0 Å². The van der Waals surface area contributed by atoms with E-state index in [2.05, 4.69) is 23.2 Å². The zero-order valence-corrected chi connectivity index (χ0v) is 11.4. The maximum absolute atomic E-state index is 6.60. The van der Waals surface area contributed by atoms with E-state index in [4.69, 9.17) is 10.5 Å². The van der Waals surface area contributed by atoms with Gasteiger partial charge in [0.2, 0.25) is 5.88 Å². The van der Waals surface area contributed by atoms with Crippen molar-refractivity contribution < 1.29 is 4.74 Å².